The second-order valence-electron chi connectivity index (χ2n) is 7.67. The Morgan fingerprint density at radius 1 is 1.30 bits per heavy atom. The number of hydrogen-bond acceptors (Lipinski definition) is 5. The molecule has 1 aliphatic rings. The third kappa shape index (κ3) is 5.03. The van der Waals surface area contributed by atoms with Gasteiger partial charge in [0.15, 0.2) is 0 Å². The Hall–Kier alpha value is -2.02. The van der Waals surface area contributed by atoms with Crippen LogP contribution in [0.1, 0.15) is 62.4 Å². The standard InChI is InChI=1S/C20H32N6O/c1-15-8-4-6-12-25(15)13-7-5-11-21-19(27)10-9-18-16(2)24-20-22-14-23-26(20)17(18)3/h14-15H,4-13H2,1-3H3,(H,21,27). The minimum absolute atomic E-state index is 0.110. The Morgan fingerprint density at radius 3 is 2.96 bits per heavy atom. The summed E-state index contributed by atoms with van der Waals surface area (Å²) in [5.74, 6) is 0.722. The fraction of sp³-hybridized carbons (Fsp3) is 0.700. The lowest BCUT2D eigenvalue weighted by Crippen LogP contribution is -2.38. The number of unbranched alkanes of at least 4 members (excludes halogenated alkanes) is 1. The first kappa shape index (κ1) is 19.7. The first-order valence-corrected chi connectivity index (χ1v) is 10.2. The van der Waals surface area contributed by atoms with Gasteiger partial charge in [-0.05, 0) is 71.5 Å². The average molecular weight is 373 g/mol. The zero-order valence-corrected chi connectivity index (χ0v) is 16.9. The normalized spacial score (nSPS) is 18.1. The lowest BCUT2D eigenvalue weighted by Gasteiger charge is -2.33. The molecule has 0 aromatic carbocycles. The summed E-state index contributed by atoms with van der Waals surface area (Å²) in [4.78, 5) is 23.4. The highest BCUT2D eigenvalue weighted by Crippen LogP contribution is 2.17. The molecule has 1 amide bonds. The zero-order chi connectivity index (χ0) is 19.2. The summed E-state index contributed by atoms with van der Waals surface area (Å²) in [5.41, 5.74) is 3.03. The van der Waals surface area contributed by atoms with E-state index in [1.165, 1.54) is 32.1 Å². The van der Waals surface area contributed by atoms with Gasteiger partial charge in [-0.15, -0.1) is 0 Å². The van der Waals surface area contributed by atoms with Gasteiger partial charge in [0.1, 0.15) is 6.33 Å². The maximum atomic E-state index is 12.2. The van der Waals surface area contributed by atoms with Crippen molar-refractivity contribution >= 4 is 11.7 Å². The van der Waals surface area contributed by atoms with Gasteiger partial charge < -0.3 is 10.2 Å². The first-order chi connectivity index (χ1) is 13.1. The topological polar surface area (TPSA) is 75.4 Å². The minimum Gasteiger partial charge on any atom is -0.356 e. The van der Waals surface area contributed by atoms with Crippen LogP contribution < -0.4 is 5.32 Å². The number of nitrogens with one attached hydrogen (secondary N) is 1. The third-order valence-corrected chi connectivity index (χ3v) is 5.73. The monoisotopic (exact) mass is 372 g/mol. The SMILES string of the molecule is Cc1nc2ncnn2c(C)c1CCC(=O)NCCCCN1CCCCC1C. The van der Waals surface area contributed by atoms with E-state index in [4.69, 9.17) is 0 Å². The van der Waals surface area contributed by atoms with Crippen LogP contribution in [0.4, 0.5) is 0 Å². The van der Waals surface area contributed by atoms with Crippen molar-refractivity contribution in [2.75, 3.05) is 19.6 Å². The van der Waals surface area contributed by atoms with Crippen LogP contribution in [0.5, 0.6) is 0 Å². The van der Waals surface area contributed by atoms with Crippen LogP contribution in [0.15, 0.2) is 6.33 Å². The molecule has 0 aliphatic carbocycles. The molecule has 7 heteroatoms. The maximum Gasteiger partial charge on any atom is 0.252 e. The van der Waals surface area contributed by atoms with E-state index < -0.39 is 0 Å². The van der Waals surface area contributed by atoms with Gasteiger partial charge in [-0.25, -0.2) is 9.50 Å². The molecule has 1 fully saturated rings. The minimum atomic E-state index is 0.110. The lowest BCUT2D eigenvalue weighted by atomic mass is 10.0. The molecule has 3 heterocycles. The van der Waals surface area contributed by atoms with Gasteiger partial charge >= 0.3 is 0 Å². The molecular weight excluding hydrogens is 340 g/mol. The molecule has 1 unspecified atom stereocenters. The smallest absolute Gasteiger partial charge is 0.252 e. The number of aromatic nitrogens is 4. The summed E-state index contributed by atoms with van der Waals surface area (Å²) in [5, 5.41) is 7.26. The molecule has 7 nitrogen and oxygen atoms in total. The Bertz CT molecular complexity index is 771. The molecule has 0 radical (unpaired) electrons. The highest BCUT2D eigenvalue weighted by molar-refractivity contribution is 5.76. The summed E-state index contributed by atoms with van der Waals surface area (Å²) in [6, 6.07) is 0.718. The summed E-state index contributed by atoms with van der Waals surface area (Å²) < 4.78 is 1.74. The Labute approximate surface area is 161 Å². The van der Waals surface area contributed by atoms with Gasteiger partial charge in [-0.3, -0.25) is 4.79 Å². The summed E-state index contributed by atoms with van der Waals surface area (Å²) in [6.07, 6.45) is 8.88. The molecule has 1 N–H and O–H groups in total. The summed E-state index contributed by atoms with van der Waals surface area (Å²) >= 11 is 0. The van der Waals surface area contributed by atoms with Crippen molar-refractivity contribution in [1.29, 1.82) is 0 Å². The number of rotatable bonds is 8. The zero-order valence-electron chi connectivity index (χ0n) is 16.9. The van der Waals surface area contributed by atoms with Gasteiger partial charge in [0.05, 0.1) is 0 Å². The van der Waals surface area contributed by atoms with E-state index in [1.807, 2.05) is 13.8 Å². The predicted molar refractivity (Wildman–Crippen MR) is 106 cm³/mol. The molecule has 1 atom stereocenters. The summed E-state index contributed by atoms with van der Waals surface area (Å²) in [7, 11) is 0. The van der Waals surface area contributed by atoms with Crippen molar-refractivity contribution in [2.45, 2.75) is 71.8 Å². The molecule has 3 rings (SSSR count). The number of carbonyl (C=O) groups excluding carboxylic acids is 1. The van der Waals surface area contributed by atoms with Gasteiger partial charge in [0.25, 0.3) is 5.78 Å². The molecule has 0 spiro atoms. The Balaban J connectivity index is 1.37. The van der Waals surface area contributed by atoms with Crippen molar-refractivity contribution in [1.82, 2.24) is 29.8 Å². The average Bonchev–Trinajstić information content (AvgIpc) is 3.11. The van der Waals surface area contributed by atoms with E-state index in [2.05, 4.69) is 32.2 Å². The molecular formula is C20H32N6O. The molecule has 27 heavy (non-hydrogen) atoms. The molecule has 2 aromatic heterocycles. The van der Waals surface area contributed by atoms with Crippen LogP contribution in [0, 0.1) is 13.8 Å². The van der Waals surface area contributed by atoms with Crippen molar-refractivity contribution in [3.8, 4) is 0 Å². The molecule has 1 saturated heterocycles. The van der Waals surface area contributed by atoms with Crippen LogP contribution in [0.2, 0.25) is 0 Å². The number of nitrogens with zero attached hydrogens (tertiary/aromatic N) is 5. The maximum absolute atomic E-state index is 12.2. The highest BCUT2D eigenvalue weighted by atomic mass is 16.1. The molecule has 0 bridgehead atoms. The van der Waals surface area contributed by atoms with Crippen LogP contribution >= 0.6 is 0 Å². The van der Waals surface area contributed by atoms with E-state index >= 15 is 0 Å². The highest BCUT2D eigenvalue weighted by Gasteiger charge is 2.17. The Morgan fingerprint density at radius 2 is 2.15 bits per heavy atom. The lowest BCUT2D eigenvalue weighted by molar-refractivity contribution is -0.121. The number of likely N-dealkylation sites (tertiary alicyclic amines) is 1. The number of piperidine rings is 1. The van der Waals surface area contributed by atoms with E-state index in [0.29, 0.717) is 18.6 Å². The van der Waals surface area contributed by atoms with Crippen molar-refractivity contribution in [3.05, 3.63) is 23.3 Å². The number of amides is 1. The number of aryl methyl sites for hydroxylation is 2. The van der Waals surface area contributed by atoms with E-state index in [0.717, 1.165) is 48.9 Å². The molecule has 148 valence electrons. The third-order valence-electron chi connectivity index (χ3n) is 5.73. The number of hydrogen-bond donors (Lipinski definition) is 1. The Kier molecular flexibility index (Phi) is 6.77. The van der Waals surface area contributed by atoms with E-state index in [1.54, 1.807) is 4.52 Å². The largest absolute Gasteiger partial charge is 0.356 e. The number of carbonyl (C=O) groups is 1. The van der Waals surface area contributed by atoms with E-state index in [-0.39, 0.29) is 5.91 Å². The van der Waals surface area contributed by atoms with Gasteiger partial charge in [0.2, 0.25) is 5.91 Å². The molecule has 0 saturated carbocycles. The van der Waals surface area contributed by atoms with Crippen molar-refractivity contribution in [3.63, 3.8) is 0 Å². The fourth-order valence-corrected chi connectivity index (χ4v) is 4.00. The van der Waals surface area contributed by atoms with Crippen molar-refractivity contribution < 1.29 is 4.79 Å². The second kappa shape index (κ2) is 9.26. The van der Waals surface area contributed by atoms with Crippen LogP contribution in [-0.2, 0) is 11.2 Å². The predicted octanol–water partition coefficient (Wildman–Crippen LogP) is 2.44. The second-order valence-corrected chi connectivity index (χ2v) is 7.67. The molecule has 1 aliphatic heterocycles. The van der Waals surface area contributed by atoms with Crippen LogP contribution in [0.3, 0.4) is 0 Å². The number of fused-ring (bicyclic) bond motifs is 1. The van der Waals surface area contributed by atoms with Crippen molar-refractivity contribution in [2.24, 2.45) is 0 Å². The van der Waals surface area contributed by atoms with Crippen LogP contribution in [0.25, 0.3) is 5.78 Å². The van der Waals surface area contributed by atoms with Gasteiger partial charge in [-0.2, -0.15) is 10.1 Å². The summed E-state index contributed by atoms with van der Waals surface area (Å²) in [6.45, 7) is 9.45. The van der Waals surface area contributed by atoms with Crippen LogP contribution in [-0.4, -0.2) is 56.1 Å². The fourth-order valence-electron chi connectivity index (χ4n) is 4.00. The van der Waals surface area contributed by atoms with Gasteiger partial charge in [0, 0.05) is 30.4 Å². The molecule has 2 aromatic rings. The first-order valence-electron chi connectivity index (χ1n) is 10.2. The quantitative estimate of drug-likeness (QED) is 0.721. The van der Waals surface area contributed by atoms with Gasteiger partial charge in [-0.1, -0.05) is 6.42 Å². The van der Waals surface area contributed by atoms with E-state index in [9.17, 15) is 4.79 Å².